The van der Waals surface area contributed by atoms with E-state index >= 15 is 0 Å². The first-order chi connectivity index (χ1) is 12.8. The Morgan fingerprint density at radius 3 is 2.67 bits per heavy atom. The van der Waals surface area contributed by atoms with Crippen LogP contribution in [-0.2, 0) is 6.42 Å². The van der Waals surface area contributed by atoms with Gasteiger partial charge in [-0.25, -0.2) is 0 Å². The summed E-state index contributed by atoms with van der Waals surface area (Å²) in [4.78, 5) is 11.0. The molecule has 0 spiro atoms. The number of thiophene rings is 1. The molecule has 1 saturated heterocycles. The summed E-state index contributed by atoms with van der Waals surface area (Å²) in [5.74, 6) is 1.95. The Balaban J connectivity index is 0.00000261. The third kappa shape index (κ3) is 6.27. The van der Waals surface area contributed by atoms with E-state index in [0.29, 0.717) is 0 Å². The van der Waals surface area contributed by atoms with E-state index in [1.54, 1.807) is 18.4 Å². The number of guanidine groups is 1. The van der Waals surface area contributed by atoms with E-state index in [9.17, 15) is 0 Å². The number of halogens is 1. The zero-order valence-electron chi connectivity index (χ0n) is 16.1. The van der Waals surface area contributed by atoms with Gasteiger partial charge in [-0.2, -0.15) is 0 Å². The summed E-state index contributed by atoms with van der Waals surface area (Å²) in [6.45, 7) is 7.78. The molecule has 1 aliphatic heterocycles. The van der Waals surface area contributed by atoms with E-state index in [1.165, 1.54) is 10.6 Å². The van der Waals surface area contributed by atoms with Crippen molar-refractivity contribution in [3.05, 3.63) is 46.7 Å². The molecule has 1 aromatic carbocycles. The predicted octanol–water partition coefficient (Wildman–Crippen LogP) is 3.70. The van der Waals surface area contributed by atoms with Crippen LogP contribution in [0.2, 0.25) is 0 Å². The standard InChI is InChI=1S/C20H28N4OS.HI/c1-3-21-20(22-10-9-19-8-5-15-26-19)24-13-11-23(12-14-24)17-6-4-7-18(16-17)25-2;/h4-8,15-16H,3,9-14H2,1-2H3,(H,21,22);1H. The van der Waals surface area contributed by atoms with Gasteiger partial charge in [0.05, 0.1) is 7.11 Å². The molecule has 1 N–H and O–H groups in total. The number of anilines is 1. The maximum atomic E-state index is 5.35. The quantitative estimate of drug-likeness (QED) is 0.373. The minimum Gasteiger partial charge on any atom is -0.497 e. The molecule has 0 bridgehead atoms. The molecule has 0 radical (unpaired) electrons. The Morgan fingerprint density at radius 2 is 2.00 bits per heavy atom. The molecule has 0 unspecified atom stereocenters. The van der Waals surface area contributed by atoms with Gasteiger partial charge in [-0.05, 0) is 30.5 Å². The van der Waals surface area contributed by atoms with Crippen LogP contribution < -0.4 is 15.0 Å². The highest BCUT2D eigenvalue weighted by Gasteiger charge is 2.20. The molecule has 1 fully saturated rings. The van der Waals surface area contributed by atoms with Crippen molar-refractivity contribution in [3.63, 3.8) is 0 Å². The van der Waals surface area contributed by atoms with Crippen molar-refractivity contribution in [2.75, 3.05) is 51.3 Å². The highest BCUT2D eigenvalue weighted by molar-refractivity contribution is 14.0. The van der Waals surface area contributed by atoms with Crippen LogP contribution in [0.4, 0.5) is 5.69 Å². The van der Waals surface area contributed by atoms with Gasteiger partial charge in [-0.1, -0.05) is 12.1 Å². The van der Waals surface area contributed by atoms with Crippen LogP contribution in [0.25, 0.3) is 0 Å². The smallest absolute Gasteiger partial charge is 0.194 e. The molecule has 0 aliphatic carbocycles. The topological polar surface area (TPSA) is 40.1 Å². The van der Waals surface area contributed by atoms with Gasteiger partial charge in [-0.15, -0.1) is 35.3 Å². The lowest BCUT2D eigenvalue weighted by Gasteiger charge is -2.37. The zero-order valence-corrected chi connectivity index (χ0v) is 19.2. The molecular weight excluding hydrogens is 471 g/mol. The van der Waals surface area contributed by atoms with Crippen LogP contribution in [0.15, 0.2) is 46.8 Å². The van der Waals surface area contributed by atoms with Crippen LogP contribution in [0, 0.1) is 0 Å². The molecule has 27 heavy (non-hydrogen) atoms. The van der Waals surface area contributed by atoms with Crippen LogP contribution in [0.3, 0.4) is 0 Å². The Hall–Kier alpha value is -1.48. The number of hydrogen-bond acceptors (Lipinski definition) is 4. The predicted molar refractivity (Wildman–Crippen MR) is 126 cm³/mol. The SMILES string of the molecule is CCNC(=NCCc1cccs1)N1CCN(c2cccc(OC)c2)CC1.I. The first kappa shape index (κ1) is 21.8. The lowest BCUT2D eigenvalue weighted by atomic mass is 10.2. The van der Waals surface area contributed by atoms with Gasteiger partial charge in [0.25, 0.3) is 0 Å². The molecule has 3 rings (SSSR count). The minimum atomic E-state index is 0. The number of piperazine rings is 1. The largest absolute Gasteiger partial charge is 0.497 e. The maximum Gasteiger partial charge on any atom is 0.194 e. The summed E-state index contributed by atoms with van der Waals surface area (Å²) >= 11 is 1.80. The summed E-state index contributed by atoms with van der Waals surface area (Å²) in [5.41, 5.74) is 1.23. The fourth-order valence-corrected chi connectivity index (χ4v) is 3.83. The summed E-state index contributed by atoms with van der Waals surface area (Å²) in [5, 5.41) is 5.57. The number of aliphatic imine (C=N–C) groups is 1. The molecule has 148 valence electrons. The summed E-state index contributed by atoms with van der Waals surface area (Å²) in [7, 11) is 1.71. The van der Waals surface area contributed by atoms with Crippen molar-refractivity contribution in [2.24, 2.45) is 4.99 Å². The molecule has 7 heteroatoms. The molecule has 2 heterocycles. The average Bonchev–Trinajstić information content (AvgIpc) is 3.21. The molecule has 2 aromatic rings. The van der Waals surface area contributed by atoms with Crippen molar-refractivity contribution >= 4 is 47.0 Å². The summed E-state index contributed by atoms with van der Waals surface area (Å²) in [6.07, 6.45) is 1.01. The molecule has 0 saturated carbocycles. The molecule has 1 aliphatic rings. The van der Waals surface area contributed by atoms with E-state index < -0.39 is 0 Å². The van der Waals surface area contributed by atoms with Crippen molar-refractivity contribution in [3.8, 4) is 5.75 Å². The third-order valence-corrected chi connectivity index (χ3v) is 5.47. The fraction of sp³-hybridized carbons (Fsp3) is 0.450. The number of nitrogens with one attached hydrogen (secondary N) is 1. The monoisotopic (exact) mass is 500 g/mol. The van der Waals surface area contributed by atoms with Gasteiger partial charge in [-0.3, -0.25) is 4.99 Å². The lowest BCUT2D eigenvalue weighted by molar-refractivity contribution is 0.372. The molecule has 1 aromatic heterocycles. The first-order valence-electron chi connectivity index (χ1n) is 9.25. The fourth-order valence-electron chi connectivity index (χ4n) is 3.14. The minimum absolute atomic E-state index is 0. The first-order valence-corrected chi connectivity index (χ1v) is 10.1. The Labute approximate surface area is 183 Å². The lowest BCUT2D eigenvalue weighted by Crippen LogP contribution is -2.52. The van der Waals surface area contributed by atoms with E-state index in [1.807, 2.05) is 6.07 Å². The van der Waals surface area contributed by atoms with Crippen LogP contribution in [0.5, 0.6) is 5.75 Å². The normalized spacial score (nSPS) is 14.7. The number of nitrogens with zero attached hydrogens (tertiary/aromatic N) is 3. The number of hydrogen-bond donors (Lipinski definition) is 1. The van der Waals surface area contributed by atoms with Gasteiger partial charge >= 0.3 is 0 Å². The van der Waals surface area contributed by atoms with E-state index in [-0.39, 0.29) is 24.0 Å². The second kappa shape index (κ2) is 11.4. The summed E-state index contributed by atoms with van der Waals surface area (Å²) < 4.78 is 5.35. The van der Waals surface area contributed by atoms with Crippen LogP contribution >= 0.6 is 35.3 Å². The number of rotatable bonds is 6. The number of benzene rings is 1. The number of methoxy groups -OCH3 is 1. The Morgan fingerprint density at radius 1 is 1.19 bits per heavy atom. The van der Waals surface area contributed by atoms with Crippen LogP contribution in [-0.4, -0.2) is 57.2 Å². The highest BCUT2D eigenvalue weighted by Crippen LogP contribution is 2.22. The zero-order chi connectivity index (χ0) is 18.2. The summed E-state index contributed by atoms with van der Waals surface area (Å²) in [6, 6.07) is 12.6. The van der Waals surface area contributed by atoms with E-state index in [4.69, 9.17) is 9.73 Å². The molecule has 5 nitrogen and oxygen atoms in total. The van der Waals surface area contributed by atoms with Gasteiger partial charge in [0.2, 0.25) is 0 Å². The third-order valence-electron chi connectivity index (χ3n) is 4.53. The second-order valence-corrected chi connectivity index (χ2v) is 7.27. The van der Waals surface area contributed by atoms with Gasteiger partial charge in [0, 0.05) is 62.3 Å². The van der Waals surface area contributed by atoms with Gasteiger partial charge in [0.1, 0.15) is 5.75 Å². The Bertz CT molecular complexity index is 700. The van der Waals surface area contributed by atoms with Crippen molar-refractivity contribution in [2.45, 2.75) is 13.3 Å². The van der Waals surface area contributed by atoms with Crippen molar-refractivity contribution in [1.82, 2.24) is 10.2 Å². The van der Waals surface area contributed by atoms with Gasteiger partial charge < -0.3 is 19.9 Å². The maximum absolute atomic E-state index is 5.35. The van der Waals surface area contributed by atoms with E-state index in [2.05, 4.69) is 57.8 Å². The van der Waals surface area contributed by atoms with Crippen molar-refractivity contribution in [1.29, 1.82) is 0 Å². The average molecular weight is 500 g/mol. The van der Waals surface area contributed by atoms with Crippen LogP contribution in [0.1, 0.15) is 11.8 Å². The Kier molecular flexibility index (Phi) is 9.20. The van der Waals surface area contributed by atoms with Crippen molar-refractivity contribution < 1.29 is 4.74 Å². The van der Waals surface area contributed by atoms with Gasteiger partial charge in [0.15, 0.2) is 5.96 Å². The molecule has 0 atom stereocenters. The molecule has 0 amide bonds. The number of ether oxygens (including phenoxy) is 1. The second-order valence-electron chi connectivity index (χ2n) is 6.24. The highest BCUT2D eigenvalue weighted by atomic mass is 127. The van der Waals surface area contributed by atoms with E-state index in [0.717, 1.165) is 57.4 Å². The molecular formula is C20H29IN4OS.